The van der Waals surface area contributed by atoms with E-state index in [1.54, 1.807) is 7.11 Å². The van der Waals surface area contributed by atoms with Crippen molar-refractivity contribution in [2.45, 2.75) is 33.2 Å². The van der Waals surface area contributed by atoms with Crippen LogP contribution < -0.4 is 0 Å². The average Bonchev–Trinajstić information content (AvgIpc) is 2.42. The van der Waals surface area contributed by atoms with Gasteiger partial charge in [-0.15, -0.1) is 0 Å². The number of hydrogen-bond donors (Lipinski definition) is 0. The number of Topliss-reactive ketones (excluding diaryl/α,β-unsaturated/α-hetero) is 1. The maximum absolute atomic E-state index is 12.4. The molecule has 0 radical (unpaired) electrons. The molecule has 0 aliphatic heterocycles. The molecular weight excluding hydrogens is 238 g/mol. The van der Waals surface area contributed by atoms with Gasteiger partial charge in [0.05, 0.1) is 13.2 Å². The summed E-state index contributed by atoms with van der Waals surface area (Å²) in [6, 6.07) is 8.16. The molecule has 0 aliphatic carbocycles. The normalized spacial score (nSPS) is 12.7. The minimum absolute atomic E-state index is 0.189. The standard InChI is InChI=1S/C16H25NO2/c1-5-14(3)17(10-11-19-4)12-16(18)15-9-7-6-8-13(15)2/h6-9,14H,5,10-12H2,1-4H3. The lowest BCUT2D eigenvalue weighted by Crippen LogP contribution is -2.39. The first-order chi connectivity index (χ1) is 9.10. The fourth-order valence-electron chi connectivity index (χ4n) is 2.08. The van der Waals surface area contributed by atoms with Crippen molar-refractivity contribution in [1.29, 1.82) is 0 Å². The summed E-state index contributed by atoms with van der Waals surface area (Å²) in [5.74, 6) is 0.189. The quantitative estimate of drug-likeness (QED) is 0.675. The summed E-state index contributed by atoms with van der Waals surface area (Å²) in [5, 5.41) is 0. The average molecular weight is 263 g/mol. The fraction of sp³-hybridized carbons (Fsp3) is 0.562. The van der Waals surface area contributed by atoms with E-state index in [1.807, 2.05) is 31.2 Å². The lowest BCUT2D eigenvalue weighted by Gasteiger charge is -2.27. The Kier molecular flexibility index (Phi) is 6.74. The van der Waals surface area contributed by atoms with Crippen molar-refractivity contribution in [3.8, 4) is 0 Å². The Bertz CT molecular complexity index is 403. The van der Waals surface area contributed by atoms with Crippen LogP contribution in [-0.4, -0.2) is 43.5 Å². The maximum Gasteiger partial charge on any atom is 0.177 e. The number of nitrogens with zero attached hydrogens (tertiary/aromatic N) is 1. The Morgan fingerprint density at radius 3 is 2.63 bits per heavy atom. The summed E-state index contributed by atoms with van der Waals surface area (Å²) in [7, 11) is 1.69. The molecule has 0 saturated carbocycles. The highest BCUT2D eigenvalue weighted by Gasteiger charge is 2.17. The predicted molar refractivity (Wildman–Crippen MR) is 78.7 cm³/mol. The SMILES string of the molecule is CCC(C)N(CCOC)CC(=O)c1ccccc1C. The summed E-state index contributed by atoms with van der Waals surface area (Å²) in [4.78, 5) is 14.6. The first-order valence-electron chi connectivity index (χ1n) is 6.92. The number of rotatable bonds is 8. The molecule has 0 spiro atoms. The molecule has 1 aromatic rings. The van der Waals surface area contributed by atoms with E-state index in [-0.39, 0.29) is 5.78 Å². The van der Waals surface area contributed by atoms with Crippen molar-refractivity contribution in [2.75, 3.05) is 26.8 Å². The fourth-order valence-corrected chi connectivity index (χ4v) is 2.08. The van der Waals surface area contributed by atoms with Gasteiger partial charge in [0, 0.05) is 25.3 Å². The molecule has 1 rings (SSSR count). The van der Waals surface area contributed by atoms with Crippen molar-refractivity contribution in [3.05, 3.63) is 35.4 Å². The highest BCUT2D eigenvalue weighted by molar-refractivity contribution is 5.98. The van der Waals surface area contributed by atoms with Crippen LogP contribution in [0.1, 0.15) is 36.2 Å². The van der Waals surface area contributed by atoms with Crippen molar-refractivity contribution >= 4 is 5.78 Å². The van der Waals surface area contributed by atoms with E-state index < -0.39 is 0 Å². The molecule has 1 atom stereocenters. The molecule has 0 saturated heterocycles. The van der Waals surface area contributed by atoms with Crippen LogP contribution in [0.2, 0.25) is 0 Å². The monoisotopic (exact) mass is 263 g/mol. The van der Waals surface area contributed by atoms with Gasteiger partial charge in [-0.05, 0) is 25.8 Å². The molecular formula is C16H25NO2. The van der Waals surface area contributed by atoms with Gasteiger partial charge >= 0.3 is 0 Å². The van der Waals surface area contributed by atoms with Crippen LogP contribution in [0.15, 0.2) is 24.3 Å². The molecule has 0 fully saturated rings. The van der Waals surface area contributed by atoms with E-state index in [2.05, 4.69) is 18.7 Å². The van der Waals surface area contributed by atoms with Crippen LogP contribution in [0.25, 0.3) is 0 Å². The van der Waals surface area contributed by atoms with E-state index in [1.165, 1.54) is 0 Å². The minimum Gasteiger partial charge on any atom is -0.383 e. The van der Waals surface area contributed by atoms with Gasteiger partial charge in [-0.2, -0.15) is 0 Å². The summed E-state index contributed by atoms with van der Waals surface area (Å²) >= 11 is 0. The van der Waals surface area contributed by atoms with Gasteiger partial charge in [0.2, 0.25) is 0 Å². The van der Waals surface area contributed by atoms with Gasteiger partial charge in [-0.25, -0.2) is 0 Å². The topological polar surface area (TPSA) is 29.5 Å². The van der Waals surface area contributed by atoms with Gasteiger partial charge in [0.25, 0.3) is 0 Å². The molecule has 0 amide bonds. The summed E-state index contributed by atoms with van der Waals surface area (Å²) < 4.78 is 5.13. The Hall–Kier alpha value is -1.19. The molecule has 1 aromatic carbocycles. The molecule has 1 unspecified atom stereocenters. The molecule has 0 N–H and O–H groups in total. The Morgan fingerprint density at radius 1 is 1.37 bits per heavy atom. The van der Waals surface area contributed by atoms with Gasteiger partial charge < -0.3 is 4.74 Å². The third-order valence-electron chi connectivity index (χ3n) is 3.59. The van der Waals surface area contributed by atoms with E-state index in [4.69, 9.17) is 4.74 Å². The smallest absolute Gasteiger partial charge is 0.177 e. The summed E-state index contributed by atoms with van der Waals surface area (Å²) in [5.41, 5.74) is 1.87. The number of ether oxygens (including phenoxy) is 1. The molecule has 19 heavy (non-hydrogen) atoms. The summed E-state index contributed by atoms with van der Waals surface area (Å²) in [6.07, 6.45) is 1.03. The van der Waals surface area contributed by atoms with Gasteiger partial charge in [-0.1, -0.05) is 31.2 Å². The van der Waals surface area contributed by atoms with E-state index in [0.29, 0.717) is 19.2 Å². The molecule has 3 heteroatoms. The van der Waals surface area contributed by atoms with Crippen LogP contribution in [0.4, 0.5) is 0 Å². The number of carbonyl (C=O) groups excluding carboxylic acids is 1. The highest BCUT2D eigenvalue weighted by atomic mass is 16.5. The second-order valence-electron chi connectivity index (χ2n) is 4.96. The van der Waals surface area contributed by atoms with Crippen LogP contribution in [0.5, 0.6) is 0 Å². The zero-order valence-corrected chi connectivity index (χ0v) is 12.5. The van der Waals surface area contributed by atoms with Crippen LogP contribution in [-0.2, 0) is 4.74 Å². The van der Waals surface area contributed by atoms with Crippen molar-refractivity contribution in [3.63, 3.8) is 0 Å². The molecule has 0 aromatic heterocycles. The number of carbonyl (C=O) groups is 1. The predicted octanol–water partition coefficient (Wildman–Crippen LogP) is 2.92. The Balaban J connectivity index is 2.73. The lowest BCUT2D eigenvalue weighted by atomic mass is 10.0. The van der Waals surface area contributed by atoms with Crippen molar-refractivity contribution in [1.82, 2.24) is 4.90 Å². The minimum atomic E-state index is 0.189. The molecule has 0 aliphatic rings. The second-order valence-corrected chi connectivity index (χ2v) is 4.96. The van der Waals surface area contributed by atoms with E-state index in [0.717, 1.165) is 24.1 Å². The lowest BCUT2D eigenvalue weighted by molar-refractivity contribution is 0.0834. The largest absolute Gasteiger partial charge is 0.383 e. The van der Waals surface area contributed by atoms with Gasteiger partial charge in [0.1, 0.15) is 0 Å². The number of ketones is 1. The zero-order valence-electron chi connectivity index (χ0n) is 12.5. The van der Waals surface area contributed by atoms with Gasteiger partial charge in [0.15, 0.2) is 5.78 Å². The first-order valence-corrected chi connectivity index (χ1v) is 6.92. The molecule has 0 heterocycles. The Morgan fingerprint density at radius 2 is 2.05 bits per heavy atom. The van der Waals surface area contributed by atoms with Gasteiger partial charge in [-0.3, -0.25) is 9.69 Å². The van der Waals surface area contributed by atoms with Crippen molar-refractivity contribution < 1.29 is 9.53 Å². The molecule has 3 nitrogen and oxygen atoms in total. The maximum atomic E-state index is 12.4. The Labute approximate surface area is 116 Å². The third kappa shape index (κ3) is 4.77. The second kappa shape index (κ2) is 8.08. The van der Waals surface area contributed by atoms with Crippen molar-refractivity contribution in [2.24, 2.45) is 0 Å². The van der Waals surface area contributed by atoms with Crippen LogP contribution >= 0.6 is 0 Å². The molecule has 0 bridgehead atoms. The number of hydrogen-bond acceptors (Lipinski definition) is 3. The number of benzene rings is 1. The first kappa shape index (κ1) is 15.9. The highest BCUT2D eigenvalue weighted by Crippen LogP contribution is 2.11. The van der Waals surface area contributed by atoms with E-state index >= 15 is 0 Å². The van der Waals surface area contributed by atoms with Crippen LogP contribution in [0, 0.1) is 6.92 Å². The summed E-state index contributed by atoms with van der Waals surface area (Å²) in [6.45, 7) is 8.19. The van der Waals surface area contributed by atoms with E-state index in [9.17, 15) is 4.79 Å². The number of aryl methyl sites for hydroxylation is 1. The third-order valence-corrected chi connectivity index (χ3v) is 3.59. The zero-order chi connectivity index (χ0) is 14.3. The molecule has 106 valence electrons. The van der Waals surface area contributed by atoms with Crippen LogP contribution in [0.3, 0.4) is 0 Å². The number of methoxy groups -OCH3 is 1.